The number of hydrogen-bond donors (Lipinski definition) is 0. The number of halogens is 1. The van der Waals surface area contributed by atoms with Gasteiger partial charge in [0.25, 0.3) is 0 Å². The van der Waals surface area contributed by atoms with Gasteiger partial charge in [-0.05, 0) is 49.9 Å². The number of carbonyl (C=O) groups excluding carboxylic acids is 1. The predicted octanol–water partition coefficient (Wildman–Crippen LogP) is 4.25. The molecule has 2 saturated heterocycles. The van der Waals surface area contributed by atoms with Gasteiger partial charge in [0.2, 0.25) is 17.6 Å². The van der Waals surface area contributed by atoms with Gasteiger partial charge in [-0.1, -0.05) is 47.6 Å². The summed E-state index contributed by atoms with van der Waals surface area (Å²) in [7, 11) is 0. The molecule has 2 fully saturated rings. The highest BCUT2D eigenvalue weighted by atomic mass is 19.1. The van der Waals surface area contributed by atoms with Gasteiger partial charge in [0.1, 0.15) is 5.82 Å². The van der Waals surface area contributed by atoms with E-state index in [1.165, 1.54) is 17.7 Å². The predicted molar refractivity (Wildman–Crippen MR) is 118 cm³/mol. The molecule has 0 N–H and O–H groups in total. The van der Waals surface area contributed by atoms with Crippen molar-refractivity contribution in [3.8, 4) is 11.4 Å². The minimum Gasteiger partial charge on any atom is -0.341 e. The zero-order valence-electron chi connectivity index (χ0n) is 18.0. The molecule has 0 bridgehead atoms. The van der Waals surface area contributed by atoms with E-state index in [1.807, 2.05) is 23.1 Å². The third-order valence-corrected chi connectivity index (χ3v) is 6.48. The lowest BCUT2D eigenvalue weighted by molar-refractivity contribution is -0.137. The van der Waals surface area contributed by atoms with Gasteiger partial charge in [-0.2, -0.15) is 4.98 Å². The van der Waals surface area contributed by atoms with Crippen LogP contribution in [-0.4, -0.2) is 51.5 Å². The van der Waals surface area contributed by atoms with Gasteiger partial charge in [-0.15, -0.1) is 0 Å². The first-order chi connectivity index (χ1) is 15.7. The molecule has 2 aromatic carbocycles. The van der Waals surface area contributed by atoms with E-state index < -0.39 is 0 Å². The van der Waals surface area contributed by atoms with E-state index >= 15 is 0 Å². The van der Waals surface area contributed by atoms with Crippen molar-refractivity contribution in [1.82, 2.24) is 19.9 Å². The molecule has 2 atom stereocenters. The number of likely N-dealkylation sites (tertiary alicyclic amines) is 2. The Balaban J connectivity index is 1.26. The fourth-order valence-corrected chi connectivity index (χ4v) is 4.85. The van der Waals surface area contributed by atoms with E-state index in [0.29, 0.717) is 23.8 Å². The van der Waals surface area contributed by atoms with Crippen LogP contribution < -0.4 is 0 Å². The highest BCUT2D eigenvalue weighted by Crippen LogP contribution is 2.30. The number of piperidine rings is 1. The monoisotopic (exact) mass is 434 g/mol. The van der Waals surface area contributed by atoms with E-state index in [1.54, 1.807) is 12.1 Å². The van der Waals surface area contributed by atoms with Crippen LogP contribution in [0.25, 0.3) is 11.4 Å². The van der Waals surface area contributed by atoms with Gasteiger partial charge in [0.15, 0.2) is 0 Å². The Kier molecular flexibility index (Phi) is 5.99. The first kappa shape index (κ1) is 20.8. The summed E-state index contributed by atoms with van der Waals surface area (Å²) in [5.74, 6) is 0.779. The van der Waals surface area contributed by atoms with E-state index in [9.17, 15) is 9.18 Å². The molecule has 5 rings (SSSR count). The molecule has 0 spiro atoms. The normalized spacial score (nSPS) is 21.7. The molecule has 7 heteroatoms. The summed E-state index contributed by atoms with van der Waals surface area (Å²) in [5, 5.41) is 4.04. The van der Waals surface area contributed by atoms with Crippen molar-refractivity contribution in [2.24, 2.45) is 0 Å². The van der Waals surface area contributed by atoms with Gasteiger partial charge in [-0.3, -0.25) is 9.69 Å². The molecule has 1 amide bonds. The van der Waals surface area contributed by atoms with Crippen LogP contribution in [-0.2, 0) is 11.3 Å². The Morgan fingerprint density at radius 2 is 1.91 bits per heavy atom. The standard InChI is InChI=1S/C25H27FN4O2/c26-21-11-4-9-19(15-21)23-27-24(32-28-23)20-10-5-14-30(17-20)25(31)22-12-6-13-29(22)16-18-7-2-1-3-8-18/h1-4,7-9,11,15,20,22H,5-6,10,12-14,16-17H2. The molecule has 2 unspecified atom stereocenters. The number of nitrogens with zero attached hydrogens (tertiary/aromatic N) is 4. The summed E-state index contributed by atoms with van der Waals surface area (Å²) in [4.78, 5) is 22.2. The molecular formula is C25H27FN4O2. The van der Waals surface area contributed by atoms with Crippen LogP contribution in [0.1, 0.15) is 43.1 Å². The first-order valence-corrected chi connectivity index (χ1v) is 11.3. The Bertz CT molecular complexity index is 1070. The second-order valence-electron chi connectivity index (χ2n) is 8.70. The van der Waals surface area contributed by atoms with Crippen molar-refractivity contribution in [2.75, 3.05) is 19.6 Å². The summed E-state index contributed by atoms with van der Waals surface area (Å²) in [5.41, 5.74) is 1.82. The van der Waals surface area contributed by atoms with Gasteiger partial charge < -0.3 is 9.42 Å². The summed E-state index contributed by atoms with van der Waals surface area (Å²) < 4.78 is 19.1. The van der Waals surface area contributed by atoms with Crippen LogP contribution in [0.15, 0.2) is 59.1 Å². The average molecular weight is 435 g/mol. The quantitative estimate of drug-likeness (QED) is 0.601. The summed E-state index contributed by atoms with van der Waals surface area (Å²) in [6.45, 7) is 3.09. The number of amides is 1. The molecule has 32 heavy (non-hydrogen) atoms. The lowest BCUT2D eigenvalue weighted by Gasteiger charge is -2.35. The topological polar surface area (TPSA) is 62.5 Å². The number of carbonyl (C=O) groups is 1. The van der Waals surface area contributed by atoms with Crippen LogP contribution in [0.4, 0.5) is 4.39 Å². The van der Waals surface area contributed by atoms with Crippen LogP contribution >= 0.6 is 0 Å². The van der Waals surface area contributed by atoms with Crippen molar-refractivity contribution in [1.29, 1.82) is 0 Å². The van der Waals surface area contributed by atoms with E-state index in [2.05, 4.69) is 27.2 Å². The number of aromatic nitrogens is 2. The molecule has 166 valence electrons. The molecule has 6 nitrogen and oxygen atoms in total. The maximum absolute atomic E-state index is 13.5. The molecular weight excluding hydrogens is 407 g/mol. The van der Waals surface area contributed by atoms with Crippen molar-refractivity contribution in [3.63, 3.8) is 0 Å². The van der Waals surface area contributed by atoms with Crippen LogP contribution in [0.5, 0.6) is 0 Å². The minimum absolute atomic E-state index is 0.00601. The molecule has 3 heterocycles. The van der Waals surface area contributed by atoms with Crippen molar-refractivity contribution in [2.45, 2.75) is 44.2 Å². The Morgan fingerprint density at radius 1 is 1.06 bits per heavy atom. The Hall–Kier alpha value is -3.06. The molecule has 0 aliphatic carbocycles. The smallest absolute Gasteiger partial charge is 0.239 e. The van der Waals surface area contributed by atoms with E-state index in [-0.39, 0.29) is 23.7 Å². The Morgan fingerprint density at radius 3 is 2.75 bits per heavy atom. The molecule has 0 saturated carbocycles. The fourth-order valence-electron chi connectivity index (χ4n) is 4.85. The highest BCUT2D eigenvalue weighted by molar-refractivity contribution is 5.82. The van der Waals surface area contributed by atoms with E-state index in [0.717, 1.165) is 45.3 Å². The van der Waals surface area contributed by atoms with Gasteiger partial charge in [0, 0.05) is 25.2 Å². The SMILES string of the molecule is O=C(C1CCCN1Cc1ccccc1)N1CCCC(c2nc(-c3cccc(F)c3)no2)C1. The molecule has 2 aliphatic rings. The zero-order valence-corrected chi connectivity index (χ0v) is 18.0. The second-order valence-corrected chi connectivity index (χ2v) is 8.70. The number of rotatable bonds is 5. The molecule has 2 aliphatic heterocycles. The summed E-state index contributed by atoms with van der Waals surface area (Å²) in [6.07, 6.45) is 3.74. The van der Waals surface area contributed by atoms with Gasteiger partial charge in [-0.25, -0.2) is 4.39 Å². The highest BCUT2D eigenvalue weighted by Gasteiger charge is 2.36. The third kappa shape index (κ3) is 4.43. The van der Waals surface area contributed by atoms with Gasteiger partial charge >= 0.3 is 0 Å². The van der Waals surface area contributed by atoms with Crippen molar-refractivity contribution >= 4 is 5.91 Å². The largest absolute Gasteiger partial charge is 0.341 e. The Labute approximate surface area is 187 Å². The van der Waals surface area contributed by atoms with Crippen LogP contribution in [0, 0.1) is 5.82 Å². The lowest BCUT2D eigenvalue weighted by Crippen LogP contribution is -2.48. The van der Waals surface area contributed by atoms with Crippen molar-refractivity contribution in [3.05, 3.63) is 71.9 Å². The third-order valence-electron chi connectivity index (χ3n) is 6.48. The maximum atomic E-state index is 13.5. The molecule has 1 aromatic heterocycles. The van der Waals surface area contributed by atoms with E-state index in [4.69, 9.17) is 4.52 Å². The fraction of sp³-hybridized carbons (Fsp3) is 0.400. The zero-order chi connectivity index (χ0) is 21.9. The molecule has 3 aromatic rings. The number of hydrogen-bond acceptors (Lipinski definition) is 5. The minimum atomic E-state index is -0.333. The van der Waals surface area contributed by atoms with Gasteiger partial charge in [0.05, 0.1) is 12.0 Å². The van der Waals surface area contributed by atoms with Crippen LogP contribution in [0.2, 0.25) is 0 Å². The maximum Gasteiger partial charge on any atom is 0.239 e. The van der Waals surface area contributed by atoms with Crippen LogP contribution in [0.3, 0.4) is 0 Å². The van der Waals surface area contributed by atoms with Crippen molar-refractivity contribution < 1.29 is 13.7 Å². The molecule has 0 radical (unpaired) electrons. The second kappa shape index (κ2) is 9.20. The first-order valence-electron chi connectivity index (χ1n) is 11.3. The average Bonchev–Trinajstić information content (AvgIpc) is 3.50. The lowest BCUT2D eigenvalue weighted by atomic mass is 9.97. The summed E-state index contributed by atoms with van der Waals surface area (Å²) in [6, 6.07) is 16.4. The number of benzene rings is 2. The summed E-state index contributed by atoms with van der Waals surface area (Å²) >= 11 is 0.